The molecule has 0 spiro atoms. The smallest absolute Gasteiger partial charge is 0.226 e. The van der Waals surface area contributed by atoms with Crippen LogP contribution >= 0.6 is 12.4 Å². The van der Waals surface area contributed by atoms with Crippen LogP contribution in [-0.2, 0) is 4.79 Å². The van der Waals surface area contributed by atoms with Crippen LogP contribution in [0.1, 0.15) is 52.4 Å². The lowest BCUT2D eigenvalue weighted by molar-refractivity contribution is -0.138. The number of carbonyl (C=O) groups excluding carboxylic acids is 1. The van der Waals surface area contributed by atoms with Crippen molar-refractivity contribution in [3.8, 4) is 0 Å². The second kappa shape index (κ2) is 7.34. The Balaban J connectivity index is 0.00000162. The van der Waals surface area contributed by atoms with E-state index in [-0.39, 0.29) is 18.3 Å². The van der Waals surface area contributed by atoms with Crippen molar-refractivity contribution in [1.82, 2.24) is 10.2 Å². The van der Waals surface area contributed by atoms with Gasteiger partial charge in [-0.25, -0.2) is 0 Å². The standard InChI is InChI=1S/C14H26N2O.ClH/c1-3-16(13-6-4-5-7-13)14(17)12-8-9-15-11(2)10-12;/h11-13,15H,3-10H2,1-2H3;1H/t11-,12-;/m0./s1. The van der Waals surface area contributed by atoms with Crippen LogP contribution < -0.4 is 5.32 Å². The fourth-order valence-corrected chi connectivity index (χ4v) is 3.40. The van der Waals surface area contributed by atoms with E-state index in [1.807, 2.05) is 0 Å². The second-order valence-corrected chi connectivity index (χ2v) is 5.64. The van der Waals surface area contributed by atoms with Gasteiger partial charge in [-0.1, -0.05) is 12.8 Å². The minimum atomic E-state index is 0. The molecular formula is C14H27ClN2O. The summed E-state index contributed by atoms with van der Waals surface area (Å²) in [4.78, 5) is 14.7. The van der Waals surface area contributed by atoms with Crippen molar-refractivity contribution in [3.63, 3.8) is 0 Å². The molecular weight excluding hydrogens is 248 g/mol. The molecule has 0 aromatic carbocycles. The summed E-state index contributed by atoms with van der Waals surface area (Å²) < 4.78 is 0. The van der Waals surface area contributed by atoms with Crippen molar-refractivity contribution in [3.05, 3.63) is 0 Å². The van der Waals surface area contributed by atoms with Crippen LogP contribution in [0, 0.1) is 5.92 Å². The molecule has 1 saturated heterocycles. The predicted octanol–water partition coefficient (Wildman–Crippen LogP) is 2.59. The third-order valence-corrected chi connectivity index (χ3v) is 4.36. The molecule has 2 atom stereocenters. The van der Waals surface area contributed by atoms with Crippen LogP contribution in [-0.4, -0.2) is 36.0 Å². The summed E-state index contributed by atoms with van der Waals surface area (Å²) in [5, 5.41) is 3.42. The molecule has 2 fully saturated rings. The Morgan fingerprint density at radius 3 is 2.50 bits per heavy atom. The Kier molecular flexibility index (Phi) is 6.44. The summed E-state index contributed by atoms with van der Waals surface area (Å²) in [5.74, 6) is 0.694. The maximum atomic E-state index is 12.6. The lowest BCUT2D eigenvalue weighted by Gasteiger charge is -2.34. The quantitative estimate of drug-likeness (QED) is 0.858. The van der Waals surface area contributed by atoms with Crippen LogP contribution in [0.25, 0.3) is 0 Å². The molecule has 1 heterocycles. The van der Waals surface area contributed by atoms with E-state index in [0.29, 0.717) is 18.0 Å². The zero-order valence-corrected chi connectivity index (χ0v) is 12.5. The van der Waals surface area contributed by atoms with E-state index >= 15 is 0 Å². The van der Waals surface area contributed by atoms with Crippen LogP contribution in [0.5, 0.6) is 0 Å². The first-order chi connectivity index (χ1) is 8.22. The summed E-state index contributed by atoms with van der Waals surface area (Å²) in [6, 6.07) is 1.04. The molecule has 0 radical (unpaired) electrons. The van der Waals surface area contributed by atoms with E-state index in [2.05, 4.69) is 24.1 Å². The normalized spacial score (nSPS) is 28.8. The van der Waals surface area contributed by atoms with Gasteiger partial charge in [-0.05, 0) is 46.1 Å². The van der Waals surface area contributed by atoms with E-state index in [4.69, 9.17) is 0 Å². The Morgan fingerprint density at radius 2 is 1.94 bits per heavy atom. The molecule has 0 bridgehead atoms. The van der Waals surface area contributed by atoms with E-state index in [9.17, 15) is 4.79 Å². The molecule has 18 heavy (non-hydrogen) atoms. The summed E-state index contributed by atoms with van der Waals surface area (Å²) in [6.45, 7) is 6.20. The van der Waals surface area contributed by atoms with Crippen molar-refractivity contribution < 1.29 is 4.79 Å². The lowest BCUT2D eigenvalue weighted by atomic mass is 9.91. The summed E-state index contributed by atoms with van der Waals surface area (Å²) in [7, 11) is 0. The maximum Gasteiger partial charge on any atom is 0.226 e. The number of halogens is 1. The van der Waals surface area contributed by atoms with Gasteiger partial charge in [0, 0.05) is 24.5 Å². The number of nitrogens with zero attached hydrogens (tertiary/aromatic N) is 1. The van der Waals surface area contributed by atoms with Crippen LogP contribution in [0.3, 0.4) is 0 Å². The Hall–Kier alpha value is -0.280. The molecule has 0 aromatic rings. The van der Waals surface area contributed by atoms with E-state index < -0.39 is 0 Å². The highest BCUT2D eigenvalue weighted by atomic mass is 35.5. The number of carbonyl (C=O) groups is 1. The van der Waals surface area contributed by atoms with Gasteiger partial charge in [-0.2, -0.15) is 0 Å². The third kappa shape index (κ3) is 3.61. The molecule has 0 unspecified atom stereocenters. The molecule has 2 rings (SSSR count). The van der Waals surface area contributed by atoms with Gasteiger partial charge in [-0.3, -0.25) is 4.79 Å². The van der Waals surface area contributed by atoms with Gasteiger partial charge in [0.05, 0.1) is 0 Å². The van der Waals surface area contributed by atoms with Gasteiger partial charge in [0.25, 0.3) is 0 Å². The monoisotopic (exact) mass is 274 g/mol. The minimum absolute atomic E-state index is 0. The van der Waals surface area contributed by atoms with Gasteiger partial charge < -0.3 is 10.2 Å². The SMILES string of the molecule is CCN(C(=O)[C@H]1CCN[C@@H](C)C1)C1CCCC1.Cl. The average Bonchev–Trinajstić information content (AvgIpc) is 2.83. The topological polar surface area (TPSA) is 32.3 Å². The molecule has 2 aliphatic rings. The maximum absolute atomic E-state index is 12.6. The molecule has 0 aromatic heterocycles. The van der Waals surface area contributed by atoms with Gasteiger partial charge in [0.1, 0.15) is 0 Å². The highest BCUT2D eigenvalue weighted by molar-refractivity contribution is 5.85. The first-order valence-corrected chi connectivity index (χ1v) is 7.26. The predicted molar refractivity (Wildman–Crippen MR) is 77.1 cm³/mol. The zero-order valence-electron chi connectivity index (χ0n) is 11.7. The molecule has 1 saturated carbocycles. The molecule has 1 N–H and O–H groups in total. The number of hydrogen-bond acceptors (Lipinski definition) is 2. The molecule has 1 amide bonds. The first kappa shape index (κ1) is 15.8. The van der Waals surface area contributed by atoms with Crippen molar-refractivity contribution in [2.75, 3.05) is 13.1 Å². The number of amides is 1. The average molecular weight is 275 g/mol. The first-order valence-electron chi connectivity index (χ1n) is 7.26. The highest BCUT2D eigenvalue weighted by Crippen LogP contribution is 2.27. The highest BCUT2D eigenvalue weighted by Gasteiger charge is 2.32. The zero-order chi connectivity index (χ0) is 12.3. The van der Waals surface area contributed by atoms with Crippen LogP contribution in [0.15, 0.2) is 0 Å². The number of piperidine rings is 1. The fraction of sp³-hybridized carbons (Fsp3) is 0.929. The second-order valence-electron chi connectivity index (χ2n) is 5.64. The van der Waals surface area contributed by atoms with Crippen molar-refractivity contribution >= 4 is 18.3 Å². The Labute approximate surface area is 117 Å². The molecule has 1 aliphatic heterocycles. The molecule has 1 aliphatic carbocycles. The van der Waals surface area contributed by atoms with E-state index in [0.717, 1.165) is 25.9 Å². The molecule has 4 heteroatoms. The van der Waals surface area contributed by atoms with E-state index in [1.165, 1.54) is 25.7 Å². The Morgan fingerprint density at radius 1 is 1.28 bits per heavy atom. The van der Waals surface area contributed by atoms with Crippen molar-refractivity contribution in [2.45, 2.75) is 64.5 Å². The van der Waals surface area contributed by atoms with Gasteiger partial charge in [0.15, 0.2) is 0 Å². The van der Waals surface area contributed by atoms with Gasteiger partial charge in [0.2, 0.25) is 5.91 Å². The summed E-state index contributed by atoms with van der Waals surface area (Å²) in [5.41, 5.74) is 0. The Bertz CT molecular complexity index is 267. The summed E-state index contributed by atoms with van der Waals surface area (Å²) in [6.07, 6.45) is 7.09. The largest absolute Gasteiger partial charge is 0.340 e. The minimum Gasteiger partial charge on any atom is -0.340 e. The number of nitrogens with one attached hydrogen (secondary N) is 1. The van der Waals surface area contributed by atoms with E-state index in [1.54, 1.807) is 0 Å². The van der Waals surface area contributed by atoms with Gasteiger partial charge in [-0.15, -0.1) is 12.4 Å². The van der Waals surface area contributed by atoms with Crippen LogP contribution in [0.4, 0.5) is 0 Å². The van der Waals surface area contributed by atoms with Crippen molar-refractivity contribution in [2.24, 2.45) is 5.92 Å². The van der Waals surface area contributed by atoms with Crippen molar-refractivity contribution in [1.29, 1.82) is 0 Å². The lowest BCUT2D eigenvalue weighted by Crippen LogP contribution is -2.47. The molecule has 106 valence electrons. The number of rotatable bonds is 3. The fourth-order valence-electron chi connectivity index (χ4n) is 3.40. The third-order valence-electron chi connectivity index (χ3n) is 4.36. The molecule has 3 nitrogen and oxygen atoms in total. The summed E-state index contributed by atoms with van der Waals surface area (Å²) >= 11 is 0. The number of hydrogen-bond donors (Lipinski definition) is 1. The van der Waals surface area contributed by atoms with Gasteiger partial charge >= 0.3 is 0 Å². The van der Waals surface area contributed by atoms with Crippen LogP contribution in [0.2, 0.25) is 0 Å².